The van der Waals surface area contributed by atoms with Crippen LogP contribution >= 0.6 is 0 Å². The van der Waals surface area contributed by atoms with Crippen molar-refractivity contribution in [2.45, 2.75) is 20.8 Å². The maximum atomic E-state index is 11.7. The average molecular weight is 205 g/mol. The van der Waals surface area contributed by atoms with Crippen LogP contribution in [0.15, 0.2) is 18.2 Å². The van der Waals surface area contributed by atoms with Crippen molar-refractivity contribution in [3.05, 3.63) is 34.9 Å². The van der Waals surface area contributed by atoms with Gasteiger partial charge in [-0.05, 0) is 26.3 Å². The number of aryl methyl sites for hydroxylation is 2. The van der Waals surface area contributed by atoms with E-state index in [0.717, 1.165) is 11.1 Å². The highest BCUT2D eigenvalue weighted by Gasteiger charge is 2.16. The zero-order valence-corrected chi connectivity index (χ0v) is 9.26. The summed E-state index contributed by atoms with van der Waals surface area (Å²) in [4.78, 5) is 23.0. The zero-order chi connectivity index (χ0) is 11.4. The van der Waals surface area contributed by atoms with Gasteiger partial charge in [-0.25, -0.2) is 0 Å². The normalized spacial score (nSPS) is 9.80. The van der Waals surface area contributed by atoms with Crippen LogP contribution in [0.3, 0.4) is 0 Å². The molecule has 1 rings (SSSR count). The minimum atomic E-state index is -0.538. The van der Waals surface area contributed by atoms with E-state index in [0.29, 0.717) is 12.1 Å². The molecule has 1 amide bonds. The SMILES string of the molecule is CCNC(=O)C(=O)c1ccc(C)cc1C. The molecule has 0 bridgehead atoms. The number of hydrogen-bond donors (Lipinski definition) is 1. The summed E-state index contributed by atoms with van der Waals surface area (Å²) in [7, 11) is 0. The minimum Gasteiger partial charge on any atom is -0.349 e. The van der Waals surface area contributed by atoms with Crippen molar-refractivity contribution in [3.8, 4) is 0 Å². The first-order chi connectivity index (χ1) is 7.06. The Morgan fingerprint density at radius 2 is 1.93 bits per heavy atom. The number of rotatable bonds is 3. The first kappa shape index (κ1) is 11.4. The van der Waals surface area contributed by atoms with Gasteiger partial charge in [-0.2, -0.15) is 0 Å². The number of benzene rings is 1. The summed E-state index contributed by atoms with van der Waals surface area (Å²) in [5.74, 6) is -1.00. The lowest BCUT2D eigenvalue weighted by molar-refractivity contribution is -0.116. The number of likely N-dealkylation sites (N-methyl/N-ethyl adjacent to an activating group) is 1. The molecule has 0 unspecified atom stereocenters. The van der Waals surface area contributed by atoms with Gasteiger partial charge in [-0.1, -0.05) is 23.8 Å². The van der Waals surface area contributed by atoms with Gasteiger partial charge in [0.2, 0.25) is 5.78 Å². The average Bonchev–Trinajstić information content (AvgIpc) is 2.17. The van der Waals surface area contributed by atoms with Gasteiger partial charge in [-0.3, -0.25) is 9.59 Å². The lowest BCUT2D eigenvalue weighted by Crippen LogP contribution is -2.31. The van der Waals surface area contributed by atoms with E-state index >= 15 is 0 Å². The molecule has 0 spiro atoms. The van der Waals surface area contributed by atoms with Gasteiger partial charge in [0.1, 0.15) is 0 Å². The van der Waals surface area contributed by atoms with Crippen LogP contribution < -0.4 is 5.32 Å². The molecule has 0 saturated heterocycles. The fourth-order valence-corrected chi connectivity index (χ4v) is 1.43. The fourth-order valence-electron chi connectivity index (χ4n) is 1.43. The fraction of sp³-hybridized carbons (Fsp3) is 0.333. The maximum absolute atomic E-state index is 11.7. The van der Waals surface area contributed by atoms with E-state index < -0.39 is 11.7 Å². The Morgan fingerprint density at radius 3 is 2.47 bits per heavy atom. The van der Waals surface area contributed by atoms with Crippen LogP contribution in [0, 0.1) is 13.8 Å². The number of hydrogen-bond acceptors (Lipinski definition) is 2. The number of carbonyl (C=O) groups is 2. The van der Waals surface area contributed by atoms with Gasteiger partial charge in [0.25, 0.3) is 5.91 Å². The molecular formula is C12H15NO2. The highest BCUT2D eigenvalue weighted by Crippen LogP contribution is 2.11. The number of ketones is 1. The van der Waals surface area contributed by atoms with Gasteiger partial charge < -0.3 is 5.32 Å². The highest BCUT2D eigenvalue weighted by atomic mass is 16.2. The molecule has 1 aromatic carbocycles. The van der Waals surface area contributed by atoms with E-state index in [-0.39, 0.29) is 0 Å². The number of amides is 1. The molecule has 0 radical (unpaired) electrons. The standard InChI is InChI=1S/C12H15NO2/c1-4-13-12(15)11(14)10-6-5-8(2)7-9(10)3/h5-7H,4H2,1-3H3,(H,13,15). The van der Waals surface area contributed by atoms with Crippen molar-refractivity contribution in [1.82, 2.24) is 5.32 Å². The van der Waals surface area contributed by atoms with E-state index in [1.807, 2.05) is 26.0 Å². The molecule has 0 saturated carbocycles. The summed E-state index contributed by atoms with van der Waals surface area (Å²) >= 11 is 0. The summed E-state index contributed by atoms with van der Waals surface area (Å²) < 4.78 is 0. The molecular weight excluding hydrogens is 190 g/mol. The summed E-state index contributed by atoms with van der Waals surface area (Å²) in [5.41, 5.74) is 2.40. The van der Waals surface area contributed by atoms with E-state index in [1.54, 1.807) is 13.0 Å². The second-order valence-electron chi connectivity index (χ2n) is 3.51. The third-order valence-corrected chi connectivity index (χ3v) is 2.17. The second-order valence-corrected chi connectivity index (χ2v) is 3.51. The van der Waals surface area contributed by atoms with Crippen LogP contribution in [0.25, 0.3) is 0 Å². The molecule has 0 aliphatic carbocycles. The zero-order valence-electron chi connectivity index (χ0n) is 9.26. The third kappa shape index (κ3) is 2.65. The lowest BCUT2D eigenvalue weighted by Gasteiger charge is -2.05. The van der Waals surface area contributed by atoms with E-state index in [2.05, 4.69) is 5.32 Å². The van der Waals surface area contributed by atoms with Crippen LogP contribution in [0.1, 0.15) is 28.4 Å². The van der Waals surface area contributed by atoms with Crippen LogP contribution in [-0.2, 0) is 4.79 Å². The number of nitrogens with one attached hydrogen (secondary N) is 1. The lowest BCUT2D eigenvalue weighted by atomic mass is 10.0. The van der Waals surface area contributed by atoms with Gasteiger partial charge in [0.05, 0.1) is 0 Å². The van der Waals surface area contributed by atoms with Crippen molar-refractivity contribution in [3.63, 3.8) is 0 Å². The summed E-state index contributed by atoms with van der Waals surface area (Å²) in [5, 5.41) is 2.50. The Bertz CT molecular complexity index is 397. The largest absolute Gasteiger partial charge is 0.349 e. The van der Waals surface area contributed by atoms with Crippen molar-refractivity contribution >= 4 is 11.7 Å². The number of Topliss-reactive ketones (excluding diaryl/α,β-unsaturated/α-hetero) is 1. The Hall–Kier alpha value is -1.64. The van der Waals surface area contributed by atoms with Crippen molar-refractivity contribution < 1.29 is 9.59 Å². The first-order valence-corrected chi connectivity index (χ1v) is 4.96. The Labute approximate surface area is 89.5 Å². The predicted molar refractivity (Wildman–Crippen MR) is 58.9 cm³/mol. The predicted octanol–water partition coefficient (Wildman–Crippen LogP) is 1.62. The minimum absolute atomic E-state index is 0.464. The van der Waals surface area contributed by atoms with Gasteiger partial charge in [-0.15, -0.1) is 0 Å². The summed E-state index contributed by atoms with van der Waals surface area (Å²) in [6.07, 6.45) is 0. The van der Waals surface area contributed by atoms with Crippen LogP contribution in [-0.4, -0.2) is 18.2 Å². The monoisotopic (exact) mass is 205 g/mol. The Morgan fingerprint density at radius 1 is 1.27 bits per heavy atom. The Balaban J connectivity index is 2.96. The number of carbonyl (C=O) groups excluding carboxylic acids is 2. The topological polar surface area (TPSA) is 46.2 Å². The molecule has 15 heavy (non-hydrogen) atoms. The van der Waals surface area contributed by atoms with E-state index in [9.17, 15) is 9.59 Å². The van der Waals surface area contributed by atoms with Crippen LogP contribution in [0.2, 0.25) is 0 Å². The molecule has 1 aromatic rings. The summed E-state index contributed by atoms with van der Waals surface area (Å²) in [6, 6.07) is 5.42. The molecule has 3 nitrogen and oxygen atoms in total. The highest BCUT2D eigenvalue weighted by molar-refractivity contribution is 6.43. The van der Waals surface area contributed by atoms with E-state index in [1.165, 1.54) is 0 Å². The molecule has 0 atom stereocenters. The molecule has 3 heteroatoms. The summed E-state index contributed by atoms with van der Waals surface area (Å²) in [6.45, 7) is 6.04. The van der Waals surface area contributed by atoms with Gasteiger partial charge in [0.15, 0.2) is 0 Å². The van der Waals surface area contributed by atoms with Gasteiger partial charge in [0, 0.05) is 12.1 Å². The molecule has 80 valence electrons. The Kier molecular flexibility index (Phi) is 3.61. The molecule has 0 aromatic heterocycles. The quantitative estimate of drug-likeness (QED) is 0.602. The van der Waals surface area contributed by atoms with E-state index in [4.69, 9.17) is 0 Å². The second kappa shape index (κ2) is 4.73. The molecule has 0 heterocycles. The first-order valence-electron chi connectivity index (χ1n) is 4.96. The smallest absolute Gasteiger partial charge is 0.292 e. The molecule has 1 N–H and O–H groups in total. The molecule has 0 aliphatic heterocycles. The van der Waals surface area contributed by atoms with Crippen molar-refractivity contribution in [2.24, 2.45) is 0 Å². The van der Waals surface area contributed by atoms with Crippen LogP contribution in [0.5, 0.6) is 0 Å². The van der Waals surface area contributed by atoms with Crippen LogP contribution in [0.4, 0.5) is 0 Å². The third-order valence-electron chi connectivity index (χ3n) is 2.17. The molecule has 0 aliphatic rings. The van der Waals surface area contributed by atoms with Crippen molar-refractivity contribution in [1.29, 1.82) is 0 Å². The van der Waals surface area contributed by atoms with Gasteiger partial charge >= 0.3 is 0 Å². The maximum Gasteiger partial charge on any atom is 0.292 e. The molecule has 0 fully saturated rings. The van der Waals surface area contributed by atoms with Crippen molar-refractivity contribution in [2.75, 3.05) is 6.54 Å².